The lowest BCUT2D eigenvalue weighted by molar-refractivity contribution is -0.151. The fourth-order valence-electron chi connectivity index (χ4n) is 1.95. The van der Waals surface area contributed by atoms with E-state index in [1.54, 1.807) is 0 Å². The molecule has 0 aliphatic heterocycles. The summed E-state index contributed by atoms with van der Waals surface area (Å²) in [5, 5.41) is 2.73. The van der Waals surface area contributed by atoms with Gasteiger partial charge in [0.25, 0.3) is 0 Å². The molecule has 0 atom stereocenters. The van der Waals surface area contributed by atoms with Crippen molar-refractivity contribution >= 4 is 5.91 Å². The van der Waals surface area contributed by atoms with Gasteiger partial charge in [0, 0.05) is 30.8 Å². The lowest BCUT2D eigenvalue weighted by atomic mass is 9.79. The molecule has 0 saturated heterocycles. The van der Waals surface area contributed by atoms with Crippen molar-refractivity contribution in [3.8, 4) is 0 Å². The second kappa shape index (κ2) is 3.15. The third kappa shape index (κ3) is 1.87. The molecule has 0 aromatic rings. The van der Waals surface area contributed by atoms with Crippen molar-refractivity contribution in [2.24, 2.45) is 11.7 Å². The molecule has 2 aliphatic carbocycles. The lowest BCUT2D eigenvalue weighted by Gasteiger charge is -2.38. The highest BCUT2D eigenvalue weighted by Crippen LogP contribution is 2.42. The Hall–Kier alpha value is -0.710. The van der Waals surface area contributed by atoms with E-state index >= 15 is 0 Å². The van der Waals surface area contributed by atoms with Crippen molar-refractivity contribution in [1.82, 2.24) is 5.32 Å². The first-order chi connectivity index (χ1) is 6.46. The van der Waals surface area contributed by atoms with Gasteiger partial charge in [-0.2, -0.15) is 0 Å². The molecule has 0 aromatic carbocycles. The lowest BCUT2D eigenvalue weighted by Crippen LogP contribution is -2.54. The van der Waals surface area contributed by atoms with E-state index in [2.05, 4.69) is 5.32 Å². The Morgan fingerprint density at radius 3 is 2.36 bits per heavy atom. The van der Waals surface area contributed by atoms with Crippen LogP contribution in [0.25, 0.3) is 0 Å². The Labute approximate surface area is 81.0 Å². The summed E-state index contributed by atoms with van der Waals surface area (Å²) in [5.74, 6) is -3.33. The zero-order valence-electron chi connectivity index (χ0n) is 7.80. The maximum Gasteiger partial charge on any atom is 0.249 e. The van der Waals surface area contributed by atoms with Crippen LogP contribution in [0.4, 0.5) is 8.78 Å². The standard InChI is InChI=1S/C9H14F2N2O/c10-9(11)3-5(4-9)8(14)13-7-1-6(12)2-7/h5-7H,1-4,12H2,(H,13,14). The van der Waals surface area contributed by atoms with E-state index in [1.807, 2.05) is 0 Å². The molecule has 0 radical (unpaired) electrons. The molecule has 2 saturated carbocycles. The molecule has 3 nitrogen and oxygen atoms in total. The van der Waals surface area contributed by atoms with Crippen LogP contribution in [0.5, 0.6) is 0 Å². The monoisotopic (exact) mass is 204 g/mol. The normalized spacial score (nSPS) is 35.6. The summed E-state index contributed by atoms with van der Waals surface area (Å²) in [6.07, 6.45) is 0.957. The number of nitrogens with two attached hydrogens (primary N) is 1. The molecule has 2 rings (SSSR count). The Bertz CT molecular complexity index is 243. The highest BCUT2D eigenvalue weighted by Gasteiger charge is 2.49. The third-order valence-electron chi connectivity index (χ3n) is 2.98. The smallest absolute Gasteiger partial charge is 0.249 e. The molecule has 0 aromatic heterocycles. The molecule has 3 N–H and O–H groups in total. The summed E-state index contributed by atoms with van der Waals surface area (Å²) < 4.78 is 24.9. The minimum Gasteiger partial charge on any atom is -0.353 e. The Balaban J connectivity index is 1.70. The number of amides is 1. The molecule has 14 heavy (non-hydrogen) atoms. The van der Waals surface area contributed by atoms with Crippen LogP contribution in [0.15, 0.2) is 0 Å². The van der Waals surface area contributed by atoms with E-state index in [0.717, 1.165) is 12.8 Å². The number of alkyl halides is 2. The Morgan fingerprint density at radius 2 is 1.93 bits per heavy atom. The molecule has 0 spiro atoms. The van der Waals surface area contributed by atoms with Gasteiger partial charge < -0.3 is 11.1 Å². The first-order valence-corrected chi connectivity index (χ1v) is 4.90. The number of carbonyl (C=O) groups excluding carboxylic acids is 1. The summed E-state index contributed by atoms with van der Waals surface area (Å²) in [6.45, 7) is 0. The minimum atomic E-state index is -2.61. The quantitative estimate of drug-likeness (QED) is 0.693. The van der Waals surface area contributed by atoms with Gasteiger partial charge in [0.1, 0.15) is 0 Å². The van der Waals surface area contributed by atoms with Crippen LogP contribution in [0.3, 0.4) is 0 Å². The van der Waals surface area contributed by atoms with E-state index in [9.17, 15) is 13.6 Å². The topological polar surface area (TPSA) is 55.1 Å². The first-order valence-electron chi connectivity index (χ1n) is 4.90. The third-order valence-corrected chi connectivity index (χ3v) is 2.98. The summed E-state index contributed by atoms with van der Waals surface area (Å²) >= 11 is 0. The van der Waals surface area contributed by atoms with Crippen molar-refractivity contribution in [2.75, 3.05) is 0 Å². The van der Waals surface area contributed by atoms with Gasteiger partial charge in [0.05, 0.1) is 0 Å². The van der Waals surface area contributed by atoms with E-state index in [4.69, 9.17) is 5.73 Å². The van der Waals surface area contributed by atoms with Crippen LogP contribution in [0.1, 0.15) is 25.7 Å². The van der Waals surface area contributed by atoms with Gasteiger partial charge in [-0.1, -0.05) is 0 Å². The van der Waals surface area contributed by atoms with Crippen LogP contribution in [-0.4, -0.2) is 23.9 Å². The molecule has 80 valence electrons. The van der Waals surface area contributed by atoms with Crippen molar-refractivity contribution < 1.29 is 13.6 Å². The molecule has 0 unspecified atom stereocenters. The number of hydrogen-bond donors (Lipinski definition) is 2. The van der Waals surface area contributed by atoms with E-state index < -0.39 is 11.8 Å². The molecule has 0 bridgehead atoms. The Morgan fingerprint density at radius 1 is 1.36 bits per heavy atom. The summed E-state index contributed by atoms with van der Waals surface area (Å²) in [4.78, 5) is 11.3. The maximum absolute atomic E-state index is 12.4. The number of carbonyl (C=O) groups is 1. The molecule has 1 amide bonds. The zero-order valence-corrected chi connectivity index (χ0v) is 7.80. The molecule has 2 fully saturated rings. The number of halogens is 2. The van der Waals surface area contributed by atoms with Gasteiger partial charge in [0.15, 0.2) is 0 Å². The predicted molar refractivity (Wildman–Crippen MR) is 46.8 cm³/mol. The average molecular weight is 204 g/mol. The van der Waals surface area contributed by atoms with Gasteiger partial charge in [0.2, 0.25) is 11.8 Å². The SMILES string of the molecule is NC1CC(NC(=O)C2CC(F)(F)C2)C1. The largest absolute Gasteiger partial charge is 0.353 e. The van der Waals surface area contributed by atoms with Crippen LogP contribution in [0, 0.1) is 5.92 Å². The highest BCUT2D eigenvalue weighted by molar-refractivity contribution is 5.80. The number of nitrogens with one attached hydrogen (secondary N) is 1. The molecular formula is C9H14F2N2O. The van der Waals surface area contributed by atoms with Crippen molar-refractivity contribution in [3.05, 3.63) is 0 Å². The Kier molecular flexibility index (Phi) is 2.21. The van der Waals surface area contributed by atoms with Crippen LogP contribution >= 0.6 is 0 Å². The number of hydrogen-bond acceptors (Lipinski definition) is 2. The van der Waals surface area contributed by atoms with Gasteiger partial charge in [-0.05, 0) is 12.8 Å². The van der Waals surface area contributed by atoms with Gasteiger partial charge >= 0.3 is 0 Å². The van der Waals surface area contributed by atoms with Crippen LogP contribution in [-0.2, 0) is 4.79 Å². The van der Waals surface area contributed by atoms with Crippen LogP contribution in [0.2, 0.25) is 0 Å². The van der Waals surface area contributed by atoms with Gasteiger partial charge in [-0.3, -0.25) is 4.79 Å². The van der Waals surface area contributed by atoms with Crippen molar-refractivity contribution in [1.29, 1.82) is 0 Å². The van der Waals surface area contributed by atoms with Crippen LogP contribution < -0.4 is 11.1 Å². The highest BCUT2D eigenvalue weighted by atomic mass is 19.3. The fraction of sp³-hybridized carbons (Fsp3) is 0.889. The minimum absolute atomic E-state index is 0.117. The average Bonchev–Trinajstić information content (AvgIpc) is 1.97. The summed E-state index contributed by atoms with van der Waals surface area (Å²) in [7, 11) is 0. The van der Waals surface area contributed by atoms with E-state index in [1.165, 1.54) is 0 Å². The number of rotatable bonds is 2. The van der Waals surface area contributed by atoms with Crippen molar-refractivity contribution in [2.45, 2.75) is 43.7 Å². The molecule has 0 heterocycles. The maximum atomic E-state index is 12.4. The van der Waals surface area contributed by atoms with E-state index in [-0.39, 0.29) is 30.8 Å². The molecule has 5 heteroatoms. The molecule has 2 aliphatic rings. The van der Waals surface area contributed by atoms with E-state index in [0.29, 0.717) is 0 Å². The first kappa shape index (κ1) is 9.83. The second-order valence-corrected chi connectivity index (χ2v) is 4.40. The summed E-state index contributed by atoms with van der Waals surface area (Å²) in [5.41, 5.74) is 5.54. The zero-order chi connectivity index (χ0) is 10.3. The predicted octanol–water partition coefficient (Wildman–Crippen LogP) is 0.638. The van der Waals surface area contributed by atoms with Crippen molar-refractivity contribution in [3.63, 3.8) is 0 Å². The van der Waals surface area contributed by atoms with Gasteiger partial charge in [-0.25, -0.2) is 8.78 Å². The summed E-state index contributed by atoms with van der Waals surface area (Å²) in [6, 6.07) is 0.287. The second-order valence-electron chi connectivity index (χ2n) is 4.40. The fourth-order valence-corrected chi connectivity index (χ4v) is 1.95. The molecular weight excluding hydrogens is 190 g/mol. The van der Waals surface area contributed by atoms with Gasteiger partial charge in [-0.15, -0.1) is 0 Å².